The molecule has 1 atom stereocenters. The van der Waals surface area contributed by atoms with Crippen molar-refractivity contribution in [3.05, 3.63) is 41.5 Å². The van der Waals surface area contributed by atoms with E-state index in [1.165, 1.54) is 30.3 Å². The van der Waals surface area contributed by atoms with Gasteiger partial charge in [0.2, 0.25) is 0 Å². The van der Waals surface area contributed by atoms with Crippen LogP contribution < -0.4 is 10.5 Å². The van der Waals surface area contributed by atoms with Crippen molar-refractivity contribution in [3.8, 4) is 5.75 Å². The molecule has 0 saturated heterocycles. The molecule has 0 radical (unpaired) electrons. The van der Waals surface area contributed by atoms with Gasteiger partial charge in [-0.15, -0.1) is 0 Å². The van der Waals surface area contributed by atoms with Gasteiger partial charge in [-0.25, -0.2) is 0 Å². The fourth-order valence-corrected chi connectivity index (χ4v) is 3.83. The smallest absolute Gasteiger partial charge is 0.420 e. The molecule has 1 aliphatic rings. The van der Waals surface area contributed by atoms with Crippen LogP contribution in [0.25, 0.3) is 10.8 Å². The monoisotopic (exact) mass is 435 g/mol. The number of rotatable bonds is 4. The molecule has 0 aliphatic heterocycles. The molecule has 0 amide bonds. The molecule has 3 nitrogen and oxygen atoms in total. The molecule has 3 N–H and O–H groups in total. The van der Waals surface area contributed by atoms with Gasteiger partial charge in [-0.1, -0.05) is 18.2 Å². The molecule has 0 bridgehead atoms. The Kier molecular flexibility index (Phi) is 5.99. The van der Waals surface area contributed by atoms with Crippen LogP contribution in [0.5, 0.6) is 5.75 Å². The molecule has 0 spiro atoms. The van der Waals surface area contributed by atoms with Gasteiger partial charge in [-0.05, 0) is 61.1 Å². The van der Waals surface area contributed by atoms with E-state index >= 15 is 0 Å². The Morgan fingerprint density at radius 2 is 1.63 bits per heavy atom. The Bertz CT molecular complexity index is 899. The normalized spacial score (nSPS) is 22.7. The minimum atomic E-state index is -4.72. The molecule has 1 aliphatic carbocycles. The molecule has 1 fully saturated rings. The number of hydrogen-bond donors (Lipinski definition) is 2. The molecular weight excluding hydrogens is 412 g/mol. The van der Waals surface area contributed by atoms with E-state index in [-0.39, 0.29) is 43.1 Å². The molecule has 166 valence electrons. The van der Waals surface area contributed by atoms with E-state index < -0.39 is 41.2 Å². The van der Waals surface area contributed by atoms with Crippen LogP contribution in [-0.2, 0) is 11.7 Å². The number of alkyl halides is 6. The number of aliphatic hydroxyl groups is 1. The van der Waals surface area contributed by atoms with Gasteiger partial charge in [-0.2, -0.15) is 26.3 Å². The van der Waals surface area contributed by atoms with E-state index in [4.69, 9.17) is 10.5 Å². The molecule has 9 heteroatoms. The summed E-state index contributed by atoms with van der Waals surface area (Å²) < 4.78 is 85.6. The first-order valence-electron chi connectivity index (χ1n) is 9.60. The number of hydrogen-bond acceptors (Lipinski definition) is 3. The fraction of sp³-hybridized carbons (Fsp3) is 0.524. The topological polar surface area (TPSA) is 55.5 Å². The molecular formula is C21H23F6NO2. The molecule has 2 aromatic carbocycles. The first-order valence-corrected chi connectivity index (χ1v) is 9.60. The van der Waals surface area contributed by atoms with E-state index in [1.807, 2.05) is 0 Å². The SMILES string of the molecule is C[C@](N)(CO)c1ccc2c(C(F)(F)F)c(O[C@H]3CC[C@H](C(F)(F)F)CC3)ccc2c1. The van der Waals surface area contributed by atoms with E-state index in [1.54, 1.807) is 6.92 Å². The molecule has 0 aromatic heterocycles. The zero-order valence-electron chi connectivity index (χ0n) is 16.3. The second-order valence-electron chi connectivity index (χ2n) is 8.08. The number of aliphatic hydroxyl groups excluding tert-OH is 1. The van der Waals surface area contributed by atoms with Crippen LogP contribution in [0.1, 0.15) is 43.7 Å². The Labute approximate surface area is 169 Å². The first-order chi connectivity index (χ1) is 13.8. The maximum Gasteiger partial charge on any atom is 0.420 e. The summed E-state index contributed by atoms with van der Waals surface area (Å²) in [6.07, 6.45) is -9.97. The Morgan fingerprint density at radius 1 is 1.00 bits per heavy atom. The predicted molar refractivity (Wildman–Crippen MR) is 100 cm³/mol. The van der Waals surface area contributed by atoms with Gasteiger partial charge >= 0.3 is 12.4 Å². The van der Waals surface area contributed by atoms with Crippen molar-refractivity contribution < 1.29 is 36.2 Å². The zero-order valence-corrected chi connectivity index (χ0v) is 16.3. The van der Waals surface area contributed by atoms with Crippen molar-refractivity contribution >= 4 is 10.8 Å². The molecule has 0 heterocycles. The van der Waals surface area contributed by atoms with E-state index in [2.05, 4.69) is 0 Å². The van der Waals surface area contributed by atoms with E-state index in [9.17, 15) is 31.4 Å². The van der Waals surface area contributed by atoms with E-state index in [0.717, 1.165) is 0 Å². The summed E-state index contributed by atoms with van der Waals surface area (Å²) in [4.78, 5) is 0. The molecule has 30 heavy (non-hydrogen) atoms. The Morgan fingerprint density at radius 3 is 2.17 bits per heavy atom. The van der Waals surface area contributed by atoms with Gasteiger partial charge in [0, 0.05) is 0 Å². The third kappa shape index (κ3) is 4.67. The fourth-order valence-electron chi connectivity index (χ4n) is 3.83. The molecule has 3 rings (SSSR count). The summed E-state index contributed by atoms with van der Waals surface area (Å²) in [5.41, 5.74) is 4.37. The van der Waals surface area contributed by atoms with Gasteiger partial charge in [0.15, 0.2) is 0 Å². The summed E-state index contributed by atoms with van der Waals surface area (Å²) in [5.74, 6) is -1.83. The van der Waals surface area contributed by atoms with Crippen LogP contribution in [0, 0.1) is 5.92 Å². The number of nitrogens with two attached hydrogens (primary N) is 1. The standard InChI is InChI=1S/C21H23F6NO2/c1-19(28,11-29)14-5-8-16-12(10-14)2-9-17(18(16)21(25,26)27)30-15-6-3-13(4-7-15)20(22,23)24/h2,5,8-10,13,15,29H,3-4,6-7,11,28H2,1H3/t13-,15-,19-/m0/s1. The lowest BCUT2D eigenvalue weighted by Crippen LogP contribution is -2.36. The van der Waals surface area contributed by atoms with Crippen LogP contribution in [0.2, 0.25) is 0 Å². The van der Waals surface area contributed by atoms with Crippen molar-refractivity contribution in [2.24, 2.45) is 11.7 Å². The van der Waals surface area contributed by atoms with Crippen molar-refractivity contribution in [1.82, 2.24) is 0 Å². The maximum absolute atomic E-state index is 13.9. The lowest BCUT2D eigenvalue weighted by Gasteiger charge is -2.31. The third-order valence-electron chi connectivity index (χ3n) is 5.68. The summed E-state index contributed by atoms with van der Waals surface area (Å²) in [7, 11) is 0. The summed E-state index contributed by atoms with van der Waals surface area (Å²) in [5, 5.41) is 9.58. The molecule has 1 saturated carbocycles. The summed E-state index contributed by atoms with van der Waals surface area (Å²) in [6.45, 7) is 1.18. The highest BCUT2D eigenvalue weighted by atomic mass is 19.4. The Balaban J connectivity index is 1.93. The number of halogens is 6. The van der Waals surface area contributed by atoms with Gasteiger partial charge < -0.3 is 15.6 Å². The van der Waals surface area contributed by atoms with Crippen LogP contribution >= 0.6 is 0 Å². The highest BCUT2D eigenvalue weighted by molar-refractivity contribution is 5.89. The van der Waals surface area contributed by atoms with Gasteiger partial charge in [0.25, 0.3) is 0 Å². The first kappa shape index (κ1) is 22.7. The minimum absolute atomic E-state index is 0.0421. The lowest BCUT2D eigenvalue weighted by molar-refractivity contribution is -0.185. The van der Waals surface area contributed by atoms with Crippen molar-refractivity contribution in [1.29, 1.82) is 0 Å². The Hall–Kier alpha value is -2.00. The average Bonchev–Trinajstić information content (AvgIpc) is 2.66. The minimum Gasteiger partial charge on any atom is -0.490 e. The van der Waals surface area contributed by atoms with Crippen molar-refractivity contribution in [3.63, 3.8) is 0 Å². The number of fused-ring (bicyclic) bond motifs is 1. The van der Waals surface area contributed by atoms with Gasteiger partial charge in [0.05, 0.1) is 24.2 Å². The zero-order chi connectivity index (χ0) is 22.3. The highest BCUT2D eigenvalue weighted by Crippen LogP contribution is 2.44. The molecule has 0 unspecified atom stereocenters. The number of benzene rings is 2. The molecule has 2 aromatic rings. The lowest BCUT2D eigenvalue weighted by atomic mass is 9.87. The largest absolute Gasteiger partial charge is 0.490 e. The summed E-state index contributed by atoms with van der Waals surface area (Å²) in [6, 6.07) is 6.84. The van der Waals surface area contributed by atoms with Gasteiger partial charge in [-0.3, -0.25) is 0 Å². The van der Waals surface area contributed by atoms with Crippen LogP contribution in [0.3, 0.4) is 0 Å². The van der Waals surface area contributed by atoms with E-state index in [0.29, 0.717) is 5.56 Å². The maximum atomic E-state index is 13.9. The van der Waals surface area contributed by atoms with Crippen molar-refractivity contribution in [2.75, 3.05) is 6.61 Å². The highest BCUT2D eigenvalue weighted by Gasteiger charge is 2.42. The van der Waals surface area contributed by atoms with Gasteiger partial charge in [0.1, 0.15) is 11.3 Å². The predicted octanol–water partition coefficient (Wildman–Crippen LogP) is 5.52. The van der Waals surface area contributed by atoms with Crippen molar-refractivity contribution in [2.45, 2.75) is 56.6 Å². The number of ether oxygens (including phenoxy) is 1. The third-order valence-corrected chi connectivity index (χ3v) is 5.68. The average molecular weight is 435 g/mol. The second-order valence-corrected chi connectivity index (χ2v) is 8.08. The van der Waals surface area contributed by atoms with Crippen LogP contribution in [0.4, 0.5) is 26.3 Å². The quantitative estimate of drug-likeness (QED) is 0.622. The van der Waals surface area contributed by atoms with Crippen LogP contribution in [0.15, 0.2) is 30.3 Å². The summed E-state index contributed by atoms with van der Waals surface area (Å²) >= 11 is 0. The van der Waals surface area contributed by atoms with Crippen LogP contribution in [-0.4, -0.2) is 24.0 Å². The second kappa shape index (κ2) is 7.92.